The van der Waals surface area contributed by atoms with Crippen LogP contribution < -0.4 is 0 Å². The molecular formula is C41H30N4. The highest BCUT2D eigenvalue weighted by Gasteiger charge is 2.35. The van der Waals surface area contributed by atoms with Crippen molar-refractivity contribution in [3.05, 3.63) is 157 Å². The maximum Gasteiger partial charge on any atom is 0.160 e. The lowest BCUT2D eigenvalue weighted by molar-refractivity contribution is 0.660. The minimum atomic E-state index is -0.105. The van der Waals surface area contributed by atoms with Crippen LogP contribution in [0.5, 0.6) is 0 Å². The molecule has 0 aliphatic heterocycles. The molecule has 0 N–H and O–H groups in total. The Kier molecular flexibility index (Phi) is 6.42. The van der Waals surface area contributed by atoms with Crippen molar-refractivity contribution in [2.24, 2.45) is 0 Å². The van der Waals surface area contributed by atoms with Crippen molar-refractivity contribution < 1.29 is 0 Å². The lowest BCUT2D eigenvalue weighted by Crippen LogP contribution is -2.15. The standard InChI is InChI=1S/C41H30N4/c1-41(2)36-10-4-3-9-34(36)35-20-19-31(23-37(35)41)40-44-38(29-15-11-27(12-16-29)32-7-5-21-42-25-32)24-39(45-40)30-17-13-28(14-18-30)33-8-6-22-43-26-33/h3-26H,1-2H3. The summed E-state index contributed by atoms with van der Waals surface area (Å²) in [5, 5.41) is 0. The number of hydrogen-bond donors (Lipinski definition) is 0. The van der Waals surface area contributed by atoms with Crippen molar-refractivity contribution >= 4 is 0 Å². The molecule has 0 bridgehead atoms. The third-order valence-corrected chi connectivity index (χ3v) is 8.92. The summed E-state index contributed by atoms with van der Waals surface area (Å²) in [5.74, 6) is 0.713. The number of fused-ring (bicyclic) bond motifs is 3. The molecule has 3 aromatic heterocycles. The highest BCUT2D eigenvalue weighted by atomic mass is 14.9. The van der Waals surface area contributed by atoms with E-state index < -0.39 is 0 Å². The zero-order chi connectivity index (χ0) is 30.4. The topological polar surface area (TPSA) is 51.6 Å². The van der Waals surface area contributed by atoms with Gasteiger partial charge in [-0.3, -0.25) is 9.97 Å². The SMILES string of the molecule is CC1(C)c2ccccc2-c2ccc(-c3nc(-c4ccc(-c5cccnc5)cc4)cc(-c4ccc(-c5cccnc5)cc4)n3)cc21. The van der Waals surface area contributed by atoms with Crippen LogP contribution in [0.4, 0.5) is 0 Å². The molecule has 0 fully saturated rings. The Labute approximate surface area is 263 Å². The summed E-state index contributed by atoms with van der Waals surface area (Å²) in [7, 11) is 0. The molecule has 7 aromatic rings. The van der Waals surface area contributed by atoms with E-state index in [-0.39, 0.29) is 5.41 Å². The number of benzene rings is 4. The maximum absolute atomic E-state index is 5.16. The molecule has 4 heteroatoms. The molecule has 0 radical (unpaired) electrons. The molecule has 0 spiro atoms. The van der Waals surface area contributed by atoms with E-state index in [1.54, 1.807) is 12.4 Å². The van der Waals surface area contributed by atoms with E-state index in [4.69, 9.17) is 9.97 Å². The fourth-order valence-corrected chi connectivity index (χ4v) is 6.45. The van der Waals surface area contributed by atoms with Gasteiger partial charge in [-0.2, -0.15) is 0 Å². The first kappa shape index (κ1) is 26.9. The van der Waals surface area contributed by atoms with Gasteiger partial charge in [-0.25, -0.2) is 9.97 Å². The fourth-order valence-electron chi connectivity index (χ4n) is 6.45. The fraction of sp³-hybridized carbons (Fsp3) is 0.0732. The highest BCUT2D eigenvalue weighted by Crippen LogP contribution is 2.49. The molecule has 3 heterocycles. The van der Waals surface area contributed by atoms with Crippen molar-refractivity contribution in [1.82, 2.24) is 19.9 Å². The minimum absolute atomic E-state index is 0.105. The Morgan fingerprint density at radius 2 is 0.933 bits per heavy atom. The van der Waals surface area contributed by atoms with Gasteiger partial charge in [0.25, 0.3) is 0 Å². The van der Waals surface area contributed by atoms with Crippen LogP contribution in [0.1, 0.15) is 25.0 Å². The first-order valence-electron chi connectivity index (χ1n) is 15.2. The Morgan fingerprint density at radius 1 is 0.422 bits per heavy atom. The molecule has 8 rings (SSSR count). The molecule has 1 aliphatic rings. The predicted molar refractivity (Wildman–Crippen MR) is 182 cm³/mol. The number of nitrogens with zero attached hydrogens (tertiary/aromatic N) is 4. The van der Waals surface area contributed by atoms with Crippen LogP contribution in [-0.2, 0) is 5.41 Å². The van der Waals surface area contributed by atoms with Gasteiger partial charge in [-0.1, -0.05) is 111 Å². The third kappa shape index (κ3) is 4.81. The number of rotatable bonds is 5. The predicted octanol–water partition coefficient (Wildman–Crippen LogP) is 9.91. The molecule has 0 unspecified atom stereocenters. The minimum Gasteiger partial charge on any atom is -0.264 e. The summed E-state index contributed by atoms with van der Waals surface area (Å²) in [6.07, 6.45) is 7.37. The van der Waals surface area contributed by atoms with Crippen molar-refractivity contribution in [2.75, 3.05) is 0 Å². The van der Waals surface area contributed by atoms with E-state index in [1.807, 2.05) is 24.5 Å². The lowest BCUT2D eigenvalue weighted by Gasteiger charge is -2.21. The Hall–Kier alpha value is -5.74. The van der Waals surface area contributed by atoms with Crippen LogP contribution in [-0.4, -0.2) is 19.9 Å². The molecule has 4 aromatic carbocycles. The van der Waals surface area contributed by atoms with Gasteiger partial charge in [0, 0.05) is 46.9 Å². The largest absolute Gasteiger partial charge is 0.264 e. The summed E-state index contributed by atoms with van der Waals surface area (Å²) >= 11 is 0. The van der Waals surface area contributed by atoms with Crippen molar-refractivity contribution in [2.45, 2.75) is 19.3 Å². The molecule has 45 heavy (non-hydrogen) atoms. The second kappa shape index (κ2) is 10.8. The van der Waals surface area contributed by atoms with E-state index in [1.165, 1.54) is 22.3 Å². The molecule has 214 valence electrons. The zero-order valence-electron chi connectivity index (χ0n) is 25.1. The molecule has 4 nitrogen and oxygen atoms in total. The molecule has 0 amide bonds. The molecule has 0 atom stereocenters. The van der Waals surface area contributed by atoms with Gasteiger partial charge in [0.1, 0.15) is 0 Å². The van der Waals surface area contributed by atoms with E-state index >= 15 is 0 Å². The average Bonchev–Trinajstić information content (AvgIpc) is 3.34. The Bertz CT molecular complexity index is 2050. The quantitative estimate of drug-likeness (QED) is 0.204. The summed E-state index contributed by atoms with van der Waals surface area (Å²) in [4.78, 5) is 18.9. The van der Waals surface area contributed by atoms with Gasteiger partial charge in [-0.15, -0.1) is 0 Å². The van der Waals surface area contributed by atoms with Crippen LogP contribution in [0.2, 0.25) is 0 Å². The Morgan fingerprint density at radius 3 is 1.49 bits per heavy atom. The van der Waals surface area contributed by atoms with Crippen LogP contribution >= 0.6 is 0 Å². The molecule has 0 saturated heterocycles. The van der Waals surface area contributed by atoms with Gasteiger partial charge in [0.05, 0.1) is 11.4 Å². The normalized spacial score (nSPS) is 12.8. The highest BCUT2D eigenvalue weighted by molar-refractivity contribution is 5.83. The lowest BCUT2D eigenvalue weighted by atomic mass is 9.82. The first-order valence-corrected chi connectivity index (χ1v) is 15.2. The van der Waals surface area contributed by atoms with Gasteiger partial charge in [-0.05, 0) is 68.8 Å². The smallest absolute Gasteiger partial charge is 0.160 e. The van der Waals surface area contributed by atoms with E-state index in [2.05, 4.69) is 133 Å². The monoisotopic (exact) mass is 578 g/mol. The summed E-state index contributed by atoms with van der Waals surface area (Å²) < 4.78 is 0. The maximum atomic E-state index is 5.16. The summed E-state index contributed by atoms with van der Waals surface area (Å²) in [5.41, 5.74) is 14.4. The first-order chi connectivity index (χ1) is 22.0. The number of aromatic nitrogens is 4. The van der Waals surface area contributed by atoms with Gasteiger partial charge in [0.15, 0.2) is 5.82 Å². The third-order valence-electron chi connectivity index (χ3n) is 8.92. The van der Waals surface area contributed by atoms with E-state index in [0.717, 1.165) is 50.3 Å². The van der Waals surface area contributed by atoms with Gasteiger partial charge < -0.3 is 0 Å². The average molecular weight is 579 g/mol. The second-order valence-electron chi connectivity index (χ2n) is 12.0. The summed E-state index contributed by atoms with van der Waals surface area (Å²) in [6.45, 7) is 4.61. The molecule has 0 saturated carbocycles. The van der Waals surface area contributed by atoms with Crippen LogP contribution in [0.3, 0.4) is 0 Å². The van der Waals surface area contributed by atoms with Crippen molar-refractivity contribution in [1.29, 1.82) is 0 Å². The molecular weight excluding hydrogens is 548 g/mol. The number of pyridine rings is 2. The Balaban J connectivity index is 1.24. The van der Waals surface area contributed by atoms with Crippen LogP contribution in [0, 0.1) is 0 Å². The van der Waals surface area contributed by atoms with Crippen LogP contribution in [0.25, 0.3) is 67.3 Å². The van der Waals surface area contributed by atoms with Crippen molar-refractivity contribution in [3.63, 3.8) is 0 Å². The second-order valence-corrected chi connectivity index (χ2v) is 12.0. The number of hydrogen-bond acceptors (Lipinski definition) is 4. The van der Waals surface area contributed by atoms with Gasteiger partial charge in [0.2, 0.25) is 0 Å². The van der Waals surface area contributed by atoms with Crippen molar-refractivity contribution in [3.8, 4) is 67.3 Å². The van der Waals surface area contributed by atoms with Gasteiger partial charge >= 0.3 is 0 Å². The molecule has 1 aliphatic carbocycles. The zero-order valence-corrected chi connectivity index (χ0v) is 25.1. The summed E-state index contributed by atoms with van der Waals surface area (Å²) in [6, 6.07) is 42.6. The van der Waals surface area contributed by atoms with Crippen LogP contribution in [0.15, 0.2) is 146 Å². The van der Waals surface area contributed by atoms with E-state index in [9.17, 15) is 0 Å². The van der Waals surface area contributed by atoms with E-state index in [0.29, 0.717) is 5.82 Å².